The second-order valence-electron chi connectivity index (χ2n) is 6.32. The number of aryl methyl sites for hydroxylation is 1. The molecule has 0 unspecified atom stereocenters. The maximum absolute atomic E-state index is 12.9. The van der Waals surface area contributed by atoms with Crippen molar-refractivity contribution >= 4 is 11.8 Å². The van der Waals surface area contributed by atoms with Gasteiger partial charge in [-0.05, 0) is 43.5 Å². The highest BCUT2D eigenvalue weighted by Crippen LogP contribution is 2.23. The largest absolute Gasteiger partial charge is 0.484 e. The molecule has 3 rings (SSSR count). The molecule has 1 aliphatic rings. The number of rotatable bonds is 6. The van der Waals surface area contributed by atoms with Crippen LogP contribution in [0.4, 0.5) is 0 Å². The number of carbonyl (C=O) groups is 2. The second-order valence-corrected chi connectivity index (χ2v) is 6.32. The zero-order valence-corrected chi connectivity index (χ0v) is 14.2. The Morgan fingerprint density at radius 2 is 2.24 bits per heavy atom. The topological polar surface area (TPSA) is 90.4 Å². The predicted molar refractivity (Wildman–Crippen MR) is 92.2 cm³/mol. The molecule has 7 nitrogen and oxygen atoms in total. The fraction of sp³-hybridized carbons (Fsp3) is 0.389. The molecule has 25 heavy (non-hydrogen) atoms. The van der Waals surface area contributed by atoms with Crippen molar-refractivity contribution in [2.24, 2.45) is 5.73 Å². The molecule has 2 amide bonds. The van der Waals surface area contributed by atoms with E-state index in [0.717, 1.165) is 24.9 Å². The van der Waals surface area contributed by atoms with Crippen molar-refractivity contribution in [2.45, 2.75) is 32.4 Å². The maximum atomic E-state index is 12.9. The van der Waals surface area contributed by atoms with Crippen molar-refractivity contribution in [3.63, 3.8) is 0 Å². The predicted octanol–water partition coefficient (Wildman–Crippen LogP) is 1.36. The van der Waals surface area contributed by atoms with Crippen LogP contribution in [-0.2, 0) is 11.3 Å². The Kier molecular flexibility index (Phi) is 5.02. The highest BCUT2D eigenvalue weighted by molar-refractivity contribution is 5.95. The van der Waals surface area contributed by atoms with Crippen LogP contribution in [0.3, 0.4) is 0 Å². The molecule has 0 spiro atoms. The van der Waals surface area contributed by atoms with Gasteiger partial charge in [-0.25, -0.2) is 0 Å². The molecule has 7 heteroatoms. The van der Waals surface area contributed by atoms with Crippen LogP contribution in [0.15, 0.2) is 36.7 Å². The molecule has 0 radical (unpaired) electrons. The molecule has 1 aliphatic heterocycles. The number of ether oxygens (including phenoxy) is 1. The lowest BCUT2D eigenvalue weighted by atomic mass is 10.1. The van der Waals surface area contributed by atoms with Gasteiger partial charge in [0, 0.05) is 18.3 Å². The van der Waals surface area contributed by atoms with Gasteiger partial charge in [0.15, 0.2) is 6.61 Å². The SMILES string of the molecule is Cc1cnn(C[C@@H]2CCCN2C(=O)c2cccc(OCC(N)=O)c2)c1. The number of hydrogen-bond donors (Lipinski definition) is 1. The zero-order chi connectivity index (χ0) is 17.8. The highest BCUT2D eigenvalue weighted by atomic mass is 16.5. The third-order valence-electron chi connectivity index (χ3n) is 4.26. The van der Waals surface area contributed by atoms with Crippen LogP contribution >= 0.6 is 0 Å². The Labute approximate surface area is 146 Å². The first-order chi connectivity index (χ1) is 12.0. The summed E-state index contributed by atoms with van der Waals surface area (Å²) < 4.78 is 7.17. The van der Waals surface area contributed by atoms with Crippen LogP contribution in [0, 0.1) is 6.92 Å². The van der Waals surface area contributed by atoms with Crippen LogP contribution in [0.2, 0.25) is 0 Å². The summed E-state index contributed by atoms with van der Waals surface area (Å²) in [5.41, 5.74) is 6.74. The fourth-order valence-electron chi connectivity index (χ4n) is 3.11. The van der Waals surface area contributed by atoms with E-state index >= 15 is 0 Å². The number of likely N-dealkylation sites (tertiary alicyclic amines) is 1. The lowest BCUT2D eigenvalue weighted by Gasteiger charge is -2.25. The van der Waals surface area contributed by atoms with Gasteiger partial charge in [0.25, 0.3) is 11.8 Å². The van der Waals surface area contributed by atoms with Crippen molar-refractivity contribution in [3.8, 4) is 5.75 Å². The van der Waals surface area contributed by atoms with Gasteiger partial charge in [-0.1, -0.05) is 6.07 Å². The van der Waals surface area contributed by atoms with E-state index in [2.05, 4.69) is 5.10 Å². The third-order valence-corrected chi connectivity index (χ3v) is 4.26. The maximum Gasteiger partial charge on any atom is 0.255 e. The monoisotopic (exact) mass is 342 g/mol. The van der Waals surface area contributed by atoms with Crippen molar-refractivity contribution in [1.29, 1.82) is 0 Å². The van der Waals surface area contributed by atoms with Crippen LogP contribution < -0.4 is 10.5 Å². The molecule has 2 heterocycles. The molecule has 1 fully saturated rings. The second kappa shape index (κ2) is 7.38. The summed E-state index contributed by atoms with van der Waals surface area (Å²) >= 11 is 0. The lowest BCUT2D eigenvalue weighted by Crippen LogP contribution is -2.38. The molecule has 2 N–H and O–H groups in total. The molecule has 0 saturated carbocycles. The number of nitrogens with two attached hydrogens (primary N) is 1. The van der Waals surface area contributed by atoms with E-state index < -0.39 is 5.91 Å². The van der Waals surface area contributed by atoms with E-state index in [1.807, 2.05) is 28.9 Å². The highest BCUT2D eigenvalue weighted by Gasteiger charge is 2.30. The smallest absolute Gasteiger partial charge is 0.255 e. The molecule has 0 aliphatic carbocycles. The van der Waals surface area contributed by atoms with Crippen LogP contribution in [-0.4, -0.2) is 45.7 Å². The summed E-state index contributed by atoms with van der Waals surface area (Å²) in [6, 6.07) is 6.98. The van der Waals surface area contributed by atoms with E-state index in [4.69, 9.17) is 10.5 Å². The van der Waals surface area contributed by atoms with E-state index in [1.165, 1.54) is 0 Å². The normalized spacial score (nSPS) is 16.8. The van der Waals surface area contributed by atoms with Crippen molar-refractivity contribution in [3.05, 3.63) is 47.8 Å². The zero-order valence-electron chi connectivity index (χ0n) is 14.2. The molecule has 132 valence electrons. The molecular formula is C18H22N4O3. The van der Waals surface area contributed by atoms with Gasteiger partial charge >= 0.3 is 0 Å². The first-order valence-electron chi connectivity index (χ1n) is 8.34. The minimum absolute atomic E-state index is 0.0316. The number of aromatic nitrogens is 2. The van der Waals surface area contributed by atoms with Crippen molar-refractivity contribution in [1.82, 2.24) is 14.7 Å². The molecule has 1 atom stereocenters. The molecule has 1 aromatic heterocycles. The van der Waals surface area contributed by atoms with Crippen LogP contribution in [0.1, 0.15) is 28.8 Å². The molecular weight excluding hydrogens is 320 g/mol. The summed E-state index contributed by atoms with van der Waals surface area (Å²) in [6.45, 7) is 3.22. The number of benzene rings is 1. The van der Waals surface area contributed by atoms with Gasteiger partial charge in [-0.2, -0.15) is 5.10 Å². The van der Waals surface area contributed by atoms with Gasteiger partial charge in [0.2, 0.25) is 0 Å². The number of amides is 2. The molecule has 0 bridgehead atoms. The van der Waals surface area contributed by atoms with E-state index in [9.17, 15) is 9.59 Å². The summed E-state index contributed by atoms with van der Waals surface area (Å²) in [4.78, 5) is 25.6. The lowest BCUT2D eigenvalue weighted by molar-refractivity contribution is -0.119. The van der Waals surface area contributed by atoms with Crippen molar-refractivity contribution in [2.75, 3.05) is 13.2 Å². The Balaban J connectivity index is 1.70. The minimum atomic E-state index is -0.550. The Morgan fingerprint density at radius 3 is 2.96 bits per heavy atom. The minimum Gasteiger partial charge on any atom is -0.484 e. The number of hydrogen-bond acceptors (Lipinski definition) is 4. The third kappa shape index (κ3) is 4.17. The number of carbonyl (C=O) groups excluding carboxylic acids is 2. The standard InChI is InChI=1S/C18H22N4O3/c1-13-9-20-21(10-13)11-15-5-3-7-22(15)18(24)14-4-2-6-16(8-14)25-12-17(19)23/h2,4,6,8-10,15H,3,5,7,11-12H2,1H3,(H2,19,23)/t15-/m0/s1. The molecule has 1 aromatic carbocycles. The van der Waals surface area contributed by atoms with Gasteiger partial charge in [0.05, 0.1) is 18.8 Å². The summed E-state index contributed by atoms with van der Waals surface area (Å²) in [7, 11) is 0. The van der Waals surface area contributed by atoms with Gasteiger partial charge < -0.3 is 15.4 Å². The van der Waals surface area contributed by atoms with Crippen LogP contribution in [0.25, 0.3) is 0 Å². The van der Waals surface area contributed by atoms with Gasteiger partial charge in [0.1, 0.15) is 5.75 Å². The van der Waals surface area contributed by atoms with Crippen molar-refractivity contribution < 1.29 is 14.3 Å². The first-order valence-corrected chi connectivity index (χ1v) is 8.34. The van der Waals surface area contributed by atoms with E-state index in [1.54, 1.807) is 24.3 Å². The quantitative estimate of drug-likeness (QED) is 0.858. The Morgan fingerprint density at radius 1 is 1.40 bits per heavy atom. The average molecular weight is 342 g/mol. The Hall–Kier alpha value is -2.83. The van der Waals surface area contributed by atoms with Gasteiger partial charge in [-0.3, -0.25) is 14.3 Å². The number of nitrogens with zero attached hydrogens (tertiary/aromatic N) is 3. The summed E-state index contributed by atoms with van der Waals surface area (Å²) in [6.07, 6.45) is 5.75. The first kappa shape index (κ1) is 17.0. The molecule has 1 saturated heterocycles. The summed E-state index contributed by atoms with van der Waals surface area (Å²) in [5, 5.41) is 4.32. The van der Waals surface area contributed by atoms with Crippen LogP contribution in [0.5, 0.6) is 5.75 Å². The number of primary amides is 1. The van der Waals surface area contributed by atoms with Gasteiger partial charge in [-0.15, -0.1) is 0 Å². The average Bonchev–Trinajstić information content (AvgIpc) is 3.22. The van der Waals surface area contributed by atoms with E-state index in [-0.39, 0.29) is 18.6 Å². The van der Waals surface area contributed by atoms with E-state index in [0.29, 0.717) is 17.9 Å². The fourth-order valence-corrected chi connectivity index (χ4v) is 3.11. The molecule has 2 aromatic rings. The Bertz CT molecular complexity index is 771. The summed E-state index contributed by atoms with van der Waals surface area (Å²) in [5.74, 6) is -0.121.